The molecule has 1 amide bonds. The van der Waals surface area contributed by atoms with Gasteiger partial charge < -0.3 is 15.6 Å². The zero-order chi connectivity index (χ0) is 24.1. The van der Waals surface area contributed by atoms with Crippen molar-refractivity contribution in [2.75, 3.05) is 13.9 Å². The monoisotopic (exact) mass is 521 g/mol. The molecule has 1 atom stereocenters. The average molecular weight is 522 g/mol. The summed E-state index contributed by atoms with van der Waals surface area (Å²) in [5, 5.41) is 0. The standard InChI is InChI=1S/C26H27NO6S.K.H/c1-3-5-18-8-11-22(12-9-18)34(29,30)27-26(28)23(15-19-6-4-7-21(14-19)31-2)20-10-13-24-25(16-20)33-17-32-24;;/h4,6-14,16,23H,3,5,15,17H2,1-2H3,(H,27,28);;/q;+1;-1. The first-order chi connectivity index (χ1) is 16.4. The van der Waals surface area contributed by atoms with Crippen LogP contribution in [0, 0.1) is 0 Å². The summed E-state index contributed by atoms with van der Waals surface area (Å²) in [5.41, 5.74) is 2.50. The van der Waals surface area contributed by atoms with Crippen molar-refractivity contribution in [3.05, 3.63) is 83.4 Å². The first kappa shape index (κ1) is 27.7. The summed E-state index contributed by atoms with van der Waals surface area (Å²) in [7, 11) is -2.47. The second-order valence-electron chi connectivity index (χ2n) is 8.08. The number of amides is 1. The molecule has 7 nitrogen and oxygen atoms in total. The maximum Gasteiger partial charge on any atom is 1.00 e. The number of carbonyl (C=O) groups is 1. The van der Waals surface area contributed by atoms with E-state index in [0.717, 1.165) is 24.0 Å². The summed E-state index contributed by atoms with van der Waals surface area (Å²) in [5.74, 6) is 0.358. The van der Waals surface area contributed by atoms with Gasteiger partial charge in [0.2, 0.25) is 12.7 Å². The molecular weight excluding hydrogens is 493 g/mol. The number of hydrogen-bond donors (Lipinski definition) is 1. The Bertz CT molecular complexity index is 1280. The van der Waals surface area contributed by atoms with Crippen molar-refractivity contribution >= 4 is 15.9 Å². The normalized spacial score (nSPS) is 13.0. The molecule has 0 fully saturated rings. The molecule has 0 aliphatic carbocycles. The van der Waals surface area contributed by atoms with Crippen molar-refractivity contribution < 1.29 is 80.2 Å². The van der Waals surface area contributed by atoms with Crippen LogP contribution in [0.2, 0.25) is 0 Å². The minimum absolute atomic E-state index is 0. The Morgan fingerprint density at radius 2 is 1.77 bits per heavy atom. The predicted octanol–water partition coefficient (Wildman–Crippen LogP) is 1.32. The fourth-order valence-electron chi connectivity index (χ4n) is 3.91. The zero-order valence-electron chi connectivity index (χ0n) is 21.1. The summed E-state index contributed by atoms with van der Waals surface area (Å²) < 4.78 is 44.4. The molecule has 35 heavy (non-hydrogen) atoms. The molecule has 0 saturated heterocycles. The summed E-state index contributed by atoms with van der Waals surface area (Å²) in [6.07, 6.45) is 2.09. The van der Waals surface area contributed by atoms with Crippen molar-refractivity contribution in [1.29, 1.82) is 0 Å². The van der Waals surface area contributed by atoms with Gasteiger partial charge in [-0.1, -0.05) is 43.7 Å². The molecule has 1 N–H and O–H groups in total. The number of hydrogen-bond acceptors (Lipinski definition) is 6. The summed E-state index contributed by atoms with van der Waals surface area (Å²) >= 11 is 0. The second-order valence-corrected chi connectivity index (χ2v) is 9.77. The molecule has 180 valence electrons. The van der Waals surface area contributed by atoms with Gasteiger partial charge >= 0.3 is 51.4 Å². The molecule has 0 bridgehead atoms. The Balaban J connectivity index is 0.00000228. The Morgan fingerprint density at radius 3 is 2.49 bits per heavy atom. The molecule has 1 aliphatic rings. The zero-order valence-corrected chi connectivity index (χ0v) is 24.1. The van der Waals surface area contributed by atoms with E-state index in [0.29, 0.717) is 22.8 Å². The molecule has 3 aromatic rings. The number of fused-ring (bicyclic) bond motifs is 1. The number of carbonyl (C=O) groups excluding carboxylic acids is 1. The Labute approximate surface area is 250 Å². The number of methoxy groups -OCH3 is 1. The van der Waals surface area contributed by atoms with Gasteiger partial charge in [0.15, 0.2) is 11.5 Å². The molecule has 0 aromatic heterocycles. The van der Waals surface area contributed by atoms with E-state index in [-0.39, 0.29) is 70.9 Å². The van der Waals surface area contributed by atoms with Gasteiger partial charge in [-0.25, -0.2) is 13.1 Å². The van der Waals surface area contributed by atoms with Crippen LogP contribution in [0.1, 0.15) is 37.4 Å². The maximum atomic E-state index is 13.4. The molecule has 1 heterocycles. The third-order valence-electron chi connectivity index (χ3n) is 5.70. The number of sulfonamides is 1. The SMILES string of the molecule is CCCc1ccc(S(=O)(=O)NC(=O)C(Cc2cccc(OC)c2)c2ccc3c(c2)OCO3)cc1.[H-].[K+]. The van der Waals surface area contributed by atoms with E-state index in [2.05, 4.69) is 11.6 Å². The molecule has 0 saturated carbocycles. The minimum atomic E-state index is -4.04. The largest absolute Gasteiger partial charge is 1.00 e. The topological polar surface area (TPSA) is 90.9 Å². The number of benzene rings is 3. The first-order valence-corrected chi connectivity index (χ1v) is 12.6. The van der Waals surface area contributed by atoms with Crippen LogP contribution in [0.25, 0.3) is 0 Å². The van der Waals surface area contributed by atoms with Crippen LogP contribution in [-0.2, 0) is 27.7 Å². The quantitative estimate of drug-likeness (QED) is 0.427. The van der Waals surface area contributed by atoms with Crippen molar-refractivity contribution in [3.8, 4) is 17.2 Å². The van der Waals surface area contributed by atoms with Gasteiger partial charge in [-0.15, -0.1) is 0 Å². The predicted molar refractivity (Wildman–Crippen MR) is 129 cm³/mol. The molecule has 4 rings (SSSR count). The van der Waals surface area contributed by atoms with Crippen LogP contribution in [0.5, 0.6) is 17.2 Å². The summed E-state index contributed by atoms with van der Waals surface area (Å²) in [6.45, 7) is 2.16. The van der Waals surface area contributed by atoms with Gasteiger partial charge in [0, 0.05) is 0 Å². The van der Waals surface area contributed by atoms with Crippen LogP contribution in [0.15, 0.2) is 71.6 Å². The molecular formula is C26H28KNO6S. The molecule has 9 heteroatoms. The fourth-order valence-corrected chi connectivity index (χ4v) is 4.93. The van der Waals surface area contributed by atoms with Crippen LogP contribution in [0.3, 0.4) is 0 Å². The van der Waals surface area contributed by atoms with Crippen LogP contribution >= 0.6 is 0 Å². The molecule has 3 aromatic carbocycles. The Morgan fingerprint density at radius 1 is 1.03 bits per heavy atom. The third-order valence-corrected chi connectivity index (χ3v) is 7.06. The molecule has 0 spiro atoms. The van der Waals surface area contributed by atoms with Crippen molar-refractivity contribution in [2.24, 2.45) is 0 Å². The van der Waals surface area contributed by atoms with E-state index in [1.54, 1.807) is 37.4 Å². The molecule has 1 aliphatic heterocycles. The van der Waals surface area contributed by atoms with Gasteiger partial charge in [-0.3, -0.25) is 4.79 Å². The summed E-state index contributed by atoms with van der Waals surface area (Å²) in [4.78, 5) is 13.4. The summed E-state index contributed by atoms with van der Waals surface area (Å²) in [6, 6.07) is 19.1. The number of rotatable bonds is 9. The second kappa shape index (κ2) is 12.4. The Kier molecular flexibility index (Phi) is 9.80. The van der Waals surface area contributed by atoms with Gasteiger partial charge in [0.05, 0.1) is 17.9 Å². The third kappa shape index (κ3) is 6.87. The average Bonchev–Trinajstić information content (AvgIpc) is 3.31. The van der Waals surface area contributed by atoms with E-state index in [1.165, 1.54) is 12.1 Å². The smallest absolute Gasteiger partial charge is 1.00 e. The van der Waals surface area contributed by atoms with E-state index in [4.69, 9.17) is 14.2 Å². The number of ether oxygens (including phenoxy) is 3. The van der Waals surface area contributed by atoms with Crippen LogP contribution < -0.4 is 70.3 Å². The van der Waals surface area contributed by atoms with E-state index in [1.807, 2.05) is 24.3 Å². The van der Waals surface area contributed by atoms with Gasteiger partial charge in [-0.05, 0) is 65.9 Å². The van der Waals surface area contributed by atoms with Gasteiger partial charge in [0.25, 0.3) is 10.0 Å². The fraction of sp³-hybridized carbons (Fsp3) is 0.269. The van der Waals surface area contributed by atoms with Crippen LogP contribution in [-0.4, -0.2) is 28.2 Å². The molecule has 1 unspecified atom stereocenters. The van der Waals surface area contributed by atoms with Gasteiger partial charge in [-0.2, -0.15) is 0 Å². The minimum Gasteiger partial charge on any atom is -1.00 e. The van der Waals surface area contributed by atoms with E-state index in [9.17, 15) is 13.2 Å². The van der Waals surface area contributed by atoms with Gasteiger partial charge in [0.1, 0.15) is 5.75 Å². The van der Waals surface area contributed by atoms with E-state index >= 15 is 0 Å². The first-order valence-electron chi connectivity index (χ1n) is 11.1. The van der Waals surface area contributed by atoms with Crippen molar-refractivity contribution in [1.82, 2.24) is 4.72 Å². The van der Waals surface area contributed by atoms with E-state index < -0.39 is 21.8 Å². The van der Waals surface area contributed by atoms with Crippen LogP contribution in [0.4, 0.5) is 0 Å². The maximum absolute atomic E-state index is 13.4. The van der Waals surface area contributed by atoms with Crippen molar-refractivity contribution in [3.63, 3.8) is 0 Å². The number of nitrogens with one attached hydrogen (secondary N) is 1. The Hall–Kier alpha value is -1.88. The van der Waals surface area contributed by atoms with Crippen molar-refractivity contribution in [2.45, 2.75) is 37.0 Å². The number of aryl methyl sites for hydroxylation is 1. The molecule has 0 radical (unpaired) electrons.